The van der Waals surface area contributed by atoms with Crippen LogP contribution in [0.15, 0.2) is 71.2 Å². The van der Waals surface area contributed by atoms with E-state index in [1.165, 1.54) is 6.07 Å². The predicted molar refractivity (Wildman–Crippen MR) is 139 cm³/mol. The number of aliphatic hydroxyl groups is 3. The number of benzene rings is 3. The summed E-state index contributed by atoms with van der Waals surface area (Å²) in [5.74, 6) is -6.69. The SMILES string of the molecule is NC(=O)C1=C(O)CC2C[C@@H]3Cc4c(-c5ccc(C=O)c6ccccc56)ccc(O)c4C(=O)C3=C(O)[C@]2(O)C1=O. The molecule has 0 fully saturated rings. The standard InChI is InChI=1S/C30H23NO8/c31-29(38)25-22(34)11-15-9-14-10-20-19(18-6-5-13(12-32)16-3-1-2-4-17(16)18)7-8-21(33)24(20)26(35)23(14)27(36)30(15,39)28(25)37/h1-8,12,14-15,33-34,36,39H,9-11H2,(H2,31,38)/t14-,15?,30+/m1/s1. The normalized spacial score (nSPS) is 24.3. The fourth-order valence-electron chi connectivity index (χ4n) is 6.53. The predicted octanol–water partition coefficient (Wildman–Crippen LogP) is 3.21. The lowest BCUT2D eigenvalue weighted by Gasteiger charge is -2.45. The van der Waals surface area contributed by atoms with Crippen LogP contribution >= 0.6 is 0 Å². The number of aliphatic hydroxyl groups excluding tert-OH is 2. The fraction of sp³-hybridized carbons (Fsp3) is 0.200. The van der Waals surface area contributed by atoms with Crippen molar-refractivity contribution < 1.29 is 39.6 Å². The van der Waals surface area contributed by atoms with E-state index in [0.717, 1.165) is 22.6 Å². The van der Waals surface area contributed by atoms with E-state index in [1.54, 1.807) is 18.2 Å². The second-order valence-corrected chi connectivity index (χ2v) is 10.3. The molecule has 6 rings (SSSR count). The van der Waals surface area contributed by atoms with Gasteiger partial charge in [-0.2, -0.15) is 0 Å². The lowest BCUT2D eigenvalue weighted by atomic mass is 9.60. The van der Waals surface area contributed by atoms with E-state index >= 15 is 0 Å². The third-order valence-electron chi connectivity index (χ3n) is 8.32. The molecule has 1 amide bonds. The largest absolute Gasteiger partial charge is 0.511 e. The molecule has 6 N–H and O–H groups in total. The van der Waals surface area contributed by atoms with Crippen LogP contribution in [0.5, 0.6) is 5.75 Å². The Morgan fingerprint density at radius 2 is 1.64 bits per heavy atom. The topological polar surface area (TPSA) is 175 Å². The van der Waals surface area contributed by atoms with Crippen molar-refractivity contribution in [2.75, 3.05) is 0 Å². The van der Waals surface area contributed by atoms with Crippen LogP contribution in [0.3, 0.4) is 0 Å². The minimum Gasteiger partial charge on any atom is -0.511 e. The van der Waals surface area contributed by atoms with Crippen LogP contribution in [0.2, 0.25) is 0 Å². The van der Waals surface area contributed by atoms with Gasteiger partial charge in [0.25, 0.3) is 5.91 Å². The van der Waals surface area contributed by atoms with Crippen molar-refractivity contribution in [3.63, 3.8) is 0 Å². The summed E-state index contributed by atoms with van der Waals surface area (Å²) in [4.78, 5) is 50.4. The molecule has 0 radical (unpaired) electrons. The van der Waals surface area contributed by atoms with Crippen molar-refractivity contribution in [3.05, 3.63) is 87.9 Å². The summed E-state index contributed by atoms with van der Waals surface area (Å²) in [5, 5.41) is 45.2. The van der Waals surface area contributed by atoms with Gasteiger partial charge in [-0.05, 0) is 52.3 Å². The Hall–Kier alpha value is -4.76. The lowest BCUT2D eigenvalue weighted by molar-refractivity contribution is -0.144. The van der Waals surface area contributed by atoms with Crippen molar-refractivity contribution in [2.45, 2.75) is 24.9 Å². The van der Waals surface area contributed by atoms with E-state index in [0.29, 0.717) is 16.7 Å². The van der Waals surface area contributed by atoms with Crippen molar-refractivity contribution in [1.29, 1.82) is 0 Å². The van der Waals surface area contributed by atoms with E-state index < -0.39 is 52.0 Å². The van der Waals surface area contributed by atoms with Gasteiger partial charge in [0.1, 0.15) is 22.8 Å². The summed E-state index contributed by atoms with van der Waals surface area (Å²) in [6, 6.07) is 13.8. The highest BCUT2D eigenvalue weighted by molar-refractivity contribution is 6.24. The number of fused-ring (bicyclic) bond motifs is 4. The van der Waals surface area contributed by atoms with Crippen molar-refractivity contribution in [2.24, 2.45) is 17.6 Å². The molecule has 3 atom stereocenters. The molecule has 0 aromatic heterocycles. The molecule has 196 valence electrons. The highest BCUT2D eigenvalue weighted by Gasteiger charge is 2.59. The zero-order valence-corrected chi connectivity index (χ0v) is 20.5. The van der Waals surface area contributed by atoms with E-state index in [1.807, 2.05) is 24.3 Å². The number of hydrogen-bond acceptors (Lipinski definition) is 8. The first-order chi connectivity index (χ1) is 18.6. The van der Waals surface area contributed by atoms with Crippen molar-refractivity contribution in [1.82, 2.24) is 0 Å². The third kappa shape index (κ3) is 3.23. The van der Waals surface area contributed by atoms with Crippen LogP contribution in [0, 0.1) is 11.8 Å². The number of hydrogen-bond donors (Lipinski definition) is 5. The van der Waals surface area contributed by atoms with E-state index in [4.69, 9.17) is 5.73 Å². The van der Waals surface area contributed by atoms with E-state index in [2.05, 4.69) is 0 Å². The fourth-order valence-corrected chi connectivity index (χ4v) is 6.53. The number of carbonyl (C=O) groups is 4. The minimum atomic E-state index is -2.61. The first kappa shape index (κ1) is 24.6. The number of primary amides is 1. The zero-order chi connectivity index (χ0) is 27.8. The second kappa shape index (κ2) is 8.37. The van der Waals surface area contributed by atoms with Crippen LogP contribution in [0.25, 0.3) is 21.9 Å². The minimum absolute atomic E-state index is 0.0445. The van der Waals surface area contributed by atoms with Gasteiger partial charge in [0.15, 0.2) is 17.7 Å². The van der Waals surface area contributed by atoms with E-state index in [-0.39, 0.29) is 36.1 Å². The Morgan fingerprint density at radius 3 is 2.33 bits per heavy atom. The highest BCUT2D eigenvalue weighted by Crippen LogP contribution is 2.52. The van der Waals surface area contributed by atoms with E-state index in [9.17, 15) is 39.6 Å². The van der Waals surface area contributed by atoms with Crippen LogP contribution in [-0.2, 0) is 16.0 Å². The number of phenolic OH excluding ortho intramolecular Hbond substituents is 1. The Bertz CT molecular complexity index is 1730. The number of amides is 1. The molecule has 3 aromatic rings. The molecule has 0 saturated carbocycles. The smallest absolute Gasteiger partial charge is 0.255 e. The molecule has 1 unspecified atom stereocenters. The molecule has 39 heavy (non-hydrogen) atoms. The summed E-state index contributed by atoms with van der Waals surface area (Å²) >= 11 is 0. The summed E-state index contributed by atoms with van der Waals surface area (Å²) < 4.78 is 0. The number of allylic oxidation sites excluding steroid dienone is 2. The number of ketones is 2. The van der Waals surface area contributed by atoms with Crippen molar-refractivity contribution >= 4 is 34.5 Å². The maximum absolute atomic E-state index is 13.8. The number of carbonyl (C=O) groups excluding carboxylic acids is 4. The molecule has 9 nitrogen and oxygen atoms in total. The quantitative estimate of drug-likeness (QED) is 0.256. The highest BCUT2D eigenvalue weighted by atomic mass is 16.3. The Balaban J connectivity index is 1.55. The molecule has 0 heterocycles. The zero-order valence-electron chi connectivity index (χ0n) is 20.5. The van der Waals surface area contributed by atoms with Gasteiger partial charge in [-0.15, -0.1) is 0 Å². The first-order valence-corrected chi connectivity index (χ1v) is 12.4. The maximum atomic E-state index is 13.8. The number of aromatic hydroxyl groups is 1. The Kier molecular flexibility index (Phi) is 5.27. The summed E-state index contributed by atoms with van der Waals surface area (Å²) in [6.45, 7) is 0. The van der Waals surface area contributed by atoms with Gasteiger partial charge in [-0.3, -0.25) is 19.2 Å². The lowest BCUT2D eigenvalue weighted by Crippen LogP contribution is -2.57. The van der Waals surface area contributed by atoms with Crippen LogP contribution in [-0.4, -0.2) is 49.8 Å². The second-order valence-electron chi connectivity index (χ2n) is 10.3. The number of nitrogens with two attached hydrogens (primary N) is 1. The molecular weight excluding hydrogens is 502 g/mol. The molecule has 3 aliphatic carbocycles. The van der Waals surface area contributed by atoms with Gasteiger partial charge in [0.2, 0.25) is 5.78 Å². The summed E-state index contributed by atoms with van der Waals surface area (Å²) in [5.41, 5.74) is 3.97. The molecule has 3 aromatic carbocycles. The summed E-state index contributed by atoms with van der Waals surface area (Å²) in [6.07, 6.45) is 0.703. The third-order valence-corrected chi connectivity index (χ3v) is 8.32. The van der Waals surface area contributed by atoms with Crippen LogP contribution in [0.4, 0.5) is 0 Å². The molecule has 0 saturated heterocycles. The first-order valence-electron chi connectivity index (χ1n) is 12.4. The molecule has 0 bridgehead atoms. The van der Waals surface area contributed by atoms with Gasteiger partial charge < -0.3 is 26.2 Å². The number of Topliss-reactive ketones (excluding diaryl/α,β-unsaturated/α-hetero) is 2. The van der Waals surface area contributed by atoms with Gasteiger partial charge in [0, 0.05) is 23.5 Å². The van der Waals surface area contributed by atoms with Gasteiger partial charge in [-0.1, -0.05) is 42.5 Å². The van der Waals surface area contributed by atoms with Crippen LogP contribution in [0.1, 0.15) is 39.1 Å². The van der Waals surface area contributed by atoms with Gasteiger partial charge in [-0.25, -0.2) is 0 Å². The van der Waals surface area contributed by atoms with Gasteiger partial charge in [0.05, 0.1) is 5.56 Å². The summed E-state index contributed by atoms with van der Waals surface area (Å²) in [7, 11) is 0. The molecule has 0 aliphatic heterocycles. The molecule has 0 spiro atoms. The van der Waals surface area contributed by atoms with Crippen LogP contribution < -0.4 is 5.73 Å². The average molecular weight is 526 g/mol. The molecular formula is C30H23NO8. The number of phenols is 1. The van der Waals surface area contributed by atoms with Gasteiger partial charge >= 0.3 is 0 Å². The Labute approximate surface area is 221 Å². The molecule has 3 aliphatic rings. The van der Waals surface area contributed by atoms with Crippen molar-refractivity contribution in [3.8, 4) is 16.9 Å². The monoisotopic (exact) mass is 525 g/mol. The maximum Gasteiger partial charge on any atom is 0.255 e. The Morgan fingerprint density at radius 1 is 0.949 bits per heavy atom. The number of aldehydes is 1. The number of rotatable bonds is 3. The average Bonchev–Trinajstić information content (AvgIpc) is 2.90. The molecule has 9 heteroatoms.